The summed E-state index contributed by atoms with van der Waals surface area (Å²) in [6, 6.07) is 10.3. The molecule has 2 nitrogen and oxygen atoms in total. The first-order chi connectivity index (χ1) is 9.29. The molecular formula is C17H17FO2. The van der Waals surface area contributed by atoms with Crippen LogP contribution in [0.5, 0.6) is 5.75 Å². The number of ketones is 1. The van der Waals surface area contributed by atoms with Gasteiger partial charge in [0.15, 0.2) is 5.78 Å². The maximum absolute atomic E-state index is 12.9. The van der Waals surface area contributed by atoms with Crippen molar-refractivity contribution in [3.05, 3.63) is 65.0 Å². The Morgan fingerprint density at radius 3 is 2.20 bits per heavy atom. The maximum atomic E-state index is 12.9. The minimum atomic E-state index is -0.394. The summed E-state index contributed by atoms with van der Waals surface area (Å²) in [5.41, 5.74) is 1.43. The van der Waals surface area contributed by atoms with E-state index in [1.807, 2.05) is 20.8 Å². The van der Waals surface area contributed by atoms with E-state index in [4.69, 9.17) is 0 Å². The molecule has 1 N–H and O–H groups in total. The summed E-state index contributed by atoms with van der Waals surface area (Å²) in [6.45, 7) is 6.10. The van der Waals surface area contributed by atoms with Crippen LogP contribution in [0.25, 0.3) is 0 Å². The lowest BCUT2D eigenvalue weighted by Gasteiger charge is -2.20. The van der Waals surface area contributed by atoms with Gasteiger partial charge in [0.2, 0.25) is 0 Å². The zero-order valence-electron chi connectivity index (χ0n) is 11.8. The topological polar surface area (TPSA) is 37.3 Å². The molecule has 0 saturated heterocycles. The van der Waals surface area contributed by atoms with Gasteiger partial charge in [0.05, 0.1) is 5.56 Å². The predicted octanol–water partition coefficient (Wildman–Crippen LogP) is 4.06. The smallest absolute Gasteiger partial charge is 0.196 e. The number of carbonyl (C=O) groups excluding carboxylic acids is 1. The number of phenolic OH excluding ortho intramolecular Hbond substituents is 1. The summed E-state index contributed by atoms with van der Waals surface area (Å²) in [6.07, 6.45) is 0. The number of aromatic hydroxyl groups is 1. The molecule has 0 spiro atoms. The SMILES string of the molecule is CC(C)(C)c1ccc(O)c(C(=O)c2ccc(F)cc2)c1. The average molecular weight is 272 g/mol. The molecule has 0 aromatic heterocycles. The molecule has 0 aliphatic carbocycles. The Kier molecular flexibility index (Phi) is 3.62. The summed E-state index contributed by atoms with van der Waals surface area (Å²) in [5.74, 6) is -0.768. The van der Waals surface area contributed by atoms with Gasteiger partial charge in [0.1, 0.15) is 11.6 Å². The first-order valence-electron chi connectivity index (χ1n) is 6.43. The van der Waals surface area contributed by atoms with E-state index in [2.05, 4.69) is 0 Å². The van der Waals surface area contributed by atoms with Crippen LogP contribution < -0.4 is 0 Å². The third kappa shape index (κ3) is 2.87. The predicted molar refractivity (Wildman–Crippen MR) is 76.6 cm³/mol. The number of carbonyl (C=O) groups is 1. The minimum Gasteiger partial charge on any atom is -0.507 e. The van der Waals surface area contributed by atoms with Gasteiger partial charge in [-0.1, -0.05) is 26.8 Å². The Balaban J connectivity index is 2.46. The second-order valence-corrected chi connectivity index (χ2v) is 5.82. The Labute approximate surface area is 117 Å². The zero-order chi connectivity index (χ0) is 14.9. The second kappa shape index (κ2) is 5.08. The van der Waals surface area contributed by atoms with Crippen LogP contribution in [0.15, 0.2) is 42.5 Å². The van der Waals surface area contributed by atoms with Gasteiger partial charge >= 0.3 is 0 Å². The van der Waals surface area contributed by atoms with Gasteiger partial charge in [-0.3, -0.25) is 4.79 Å². The van der Waals surface area contributed by atoms with E-state index < -0.39 is 5.82 Å². The fourth-order valence-corrected chi connectivity index (χ4v) is 1.94. The minimum absolute atomic E-state index is 0.0627. The third-order valence-electron chi connectivity index (χ3n) is 3.21. The Hall–Kier alpha value is -2.16. The van der Waals surface area contributed by atoms with Crippen LogP contribution in [0.3, 0.4) is 0 Å². The van der Waals surface area contributed by atoms with Gasteiger partial charge in [0, 0.05) is 5.56 Å². The second-order valence-electron chi connectivity index (χ2n) is 5.82. The molecule has 0 aliphatic heterocycles. The molecule has 0 amide bonds. The first-order valence-corrected chi connectivity index (χ1v) is 6.43. The van der Waals surface area contributed by atoms with Crippen molar-refractivity contribution in [2.75, 3.05) is 0 Å². The fraction of sp³-hybridized carbons (Fsp3) is 0.235. The van der Waals surface area contributed by atoms with E-state index in [0.717, 1.165) is 5.56 Å². The lowest BCUT2D eigenvalue weighted by Crippen LogP contribution is -2.12. The molecule has 2 aromatic rings. The van der Waals surface area contributed by atoms with Crippen LogP contribution in [0.4, 0.5) is 4.39 Å². The molecule has 3 heteroatoms. The van der Waals surface area contributed by atoms with Gasteiger partial charge in [0.25, 0.3) is 0 Å². The molecule has 0 atom stereocenters. The van der Waals surface area contributed by atoms with Crippen LogP contribution in [-0.4, -0.2) is 10.9 Å². The Morgan fingerprint density at radius 2 is 1.65 bits per heavy atom. The number of hydrogen-bond acceptors (Lipinski definition) is 2. The molecule has 0 radical (unpaired) electrons. The molecule has 2 aromatic carbocycles. The molecule has 0 saturated carbocycles. The lowest BCUT2D eigenvalue weighted by molar-refractivity contribution is 0.103. The summed E-state index contributed by atoms with van der Waals surface area (Å²) in [7, 11) is 0. The summed E-state index contributed by atoms with van der Waals surface area (Å²) >= 11 is 0. The van der Waals surface area contributed by atoms with E-state index >= 15 is 0 Å². The number of hydrogen-bond donors (Lipinski definition) is 1. The molecule has 0 bridgehead atoms. The quantitative estimate of drug-likeness (QED) is 0.837. The van der Waals surface area contributed by atoms with Crippen LogP contribution in [0, 0.1) is 5.82 Å². The van der Waals surface area contributed by atoms with Crippen LogP contribution in [0.1, 0.15) is 42.3 Å². The normalized spacial score (nSPS) is 11.4. The van der Waals surface area contributed by atoms with E-state index in [1.54, 1.807) is 12.1 Å². The van der Waals surface area contributed by atoms with Crippen molar-refractivity contribution >= 4 is 5.78 Å². The van der Waals surface area contributed by atoms with E-state index in [0.29, 0.717) is 5.56 Å². The molecular weight excluding hydrogens is 255 g/mol. The average Bonchev–Trinajstić information content (AvgIpc) is 2.38. The Morgan fingerprint density at radius 1 is 1.05 bits per heavy atom. The highest BCUT2D eigenvalue weighted by molar-refractivity contribution is 6.10. The zero-order valence-corrected chi connectivity index (χ0v) is 11.8. The Bertz CT molecular complexity index is 637. The van der Waals surface area contributed by atoms with Crippen molar-refractivity contribution in [2.24, 2.45) is 0 Å². The van der Waals surface area contributed by atoms with Crippen molar-refractivity contribution in [1.82, 2.24) is 0 Å². The van der Waals surface area contributed by atoms with Crippen molar-refractivity contribution in [2.45, 2.75) is 26.2 Å². The van der Waals surface area contributed by atoms with Gasteiger partial charge in [-0.25, -0.2) is 4.39 Å². The fourth-order valence-electron chi connectivity index (χ4n) is 1.94. The van der Waals surface area contributed by atoms with Crippen molar-refractivity contribution in [3.63, 3.8) is 0 Å². The monoisotopic (exact) mass is 272 g/mol. The maximum Gasteiger partial charge on any atom is 0.196 e. The van der Waals surface area contributed by atoms with E-state index in [-0.39, 0.29) is 22.5 Å². The molecule has 0 fully saturated rings. The lowest BCUT2D eigenvalue weighted by atomic mass is 9.85. The molecule has 0 aliphatic rings. The van der Waals surface area contributed by atoms with Crippen molar-refractivity contribution in [3.8, 4) is 5.75 Å². The van der Waals surface area contributed by atoms with E-state index in [9.17, 15) is 14.3 Å². The largest absolute Gasteiger partial charge is 0.507 e. The summed E-state index contributed by atoms with van der Waals surface area (Å²) in [4.78, 5) is 12.4. The van der Waals surface area contributed by atoms with Gasteiger partial charge < -0.3 is 5.11 Å². The molecule has 104 valence electrons. The van der Waals surface area contributed by atoms with E-state index in [1.165, 1.54) is 30.3 Å². The molecule has 2 rings (SSSR count). The molecule has 20 heavy (non-hydrogen) atoms. The van der Waals surface area contributed by atoms with Gasteiger partial charge in [-0.2, -0.15) is 0 Å². The number of halogens is 1. The summed E-state index contributed by atoms with van der Waals surface area (Å²) < 4.78 is 12.9. The van der Waals surface area contributed by atoms with Crippen molar-refractivity contribution < 1.29 is 14.3 Å². The number of phenols is 1. The van der Waals surface area contributed by atoms with Gasteiger partial charge in [-0.05, 0) is 47.4 Å². The van der Waals surface area contributed by atoms with Crippen LogP contribution >= 0.6 is 0 Å². The molecule has 0 unspecified atom stereocenters. The van der Waals surface area contributed by atoms with Crippen molar-refractivity contribution in [1.29, 1.82) is 0 Å². The highest BCUT2D eigenvalue weighted by Crippen LogP contribution is 2.28. The van der Waals surface area contributed by atoms with Crippen LogP contribution in [-0.2, 0) is 5.41 Å². The van der Waals surface area contributed by atoms with Crippen LogP contribution in [0.2, 0.25) is 0 Å². The first kappa shape index (κ1) is 14.3. The standard InChI is InChI=1S/C17H17FO2/c1-17(2,3)12-6-9-15(19)14(10-12)16(20)11-4-7-13(18)8-5-11/h4-10,19H,1-3H3. The number of rotatable bonds is 2. The van der Waals surface area contributed by atoms with Gasteiger partial charge in [-0.15, -0.1) is 0 Å². The highest BCUT2D eigenvalue weighted by atomic mass is 19.1. The molecule has 0 heterocycles. The third-order valence-corrected chi connectivity index (χ3v) is 3.21. The highest BCUT2D eigenvalue weighted by Gasteiger charge is 2.19. The summed E-state index contributed by atoms with van der Waals surface area (Å²) in [5, 5.41) is 9.89. The number of benzene rings is 2.